The molecule has 0 saturated heterocycles. The first-order valence-electron chi connectivity index (χ1n) is 13.1. The van der Waals surface area contributed by atoms with Gasteiger partial charge in [-0.05, 0) is 62.5 Å². The van der Waals surface area contributed by atoms with Gasteiger partial charge in [0.2, 0.25) is 5.91 Å². The third-order valence-electron chi connectivity index (χ3n) is 6.03. The number of esters is 1. The van der Waals surface area contributed by atoms with E-state index in [0.717, 1.165) is 11.1 Å². The highest BCUT2D eigenvalue weighted by molar-refractivity contribution is 5.91. The number of ether oxygens (including phenoxy) is 1. The SMILES string of the molecule is CC(C)[C@H](CC(C)(C)C)C(=O)N[C@@H](CCCNC(N)=O)C(=O)Cc1ccc(COC(=O)C(C)(C)C)cc1. The molecule has 0 saturated carbocycles. The number of rotatable bonds is 13. The van der Waals surface area contributed by atoms with E-state index >= 15 is 0 Å². The quantitative estimate of drug-likeness (QED) is 0.262. The van der Waals surface area contributed by atoms with Gasteiger partial charge in [-0.25, -0.2) is 4.79 Å². The van der Waals surface area contributed by atoms with E-state index in [0.29, 0.717) is 25.8 Å². The number of primary amides is 1. The molecule has 8 nitrogen and oxygen atoms in total. The van der Waals surface area contributed by atoms with Crippen molar-refractivity contribution in [2.45, 2.75) is 93.7 Å². The van der Waals surface area contributed by atoms with Crippen molar-refractivity contribution >= 4 is 23.7 Å². The van der Waals surface area contributed by atoms with Crippen LogP contribution in [-0.2, 0) is 32.1 Å². The highest BCUT2D eigenvalue weighted by atomic mass is 16.5. The summed E-state index contributed by atoms with van der Waals surface area (Å²) in [6, 6.07) is 6.05. The molecule has 0 fully saturated rings. The number of hydrogen-bond donors (Lipinski definition) is 3. The Hall–Kier alpha value is -2.90. The van der Waals surface area contributed by atoms with Gasteiger partial charge in [0.25, 0.3) is 0 Å². The van der Waals surface area contributed by atoms with E-state index in [-0.39, 0.29) is 47.9 Å². The van der Waals surface area contributed by atoms with E-state index in [1.54, 1.807) is 20.8 Å². The topological polar surface area (TPSA) is 128 Å². The highest BCUT2D eigenvalue weighted by Crippen LogP contribution is 2.29. The number of Topliss-reactive ketones (excluding diaryl/α,β-unsaturated/α-hetero) is 1. The van der Waals surface area contributed by atoms with Crippen molar-refractivity contribution in [3.8, 4) is 0 Å². The molecule has 0 aromatic heterocycles. The van der Waals surface area contributed by atoms with Gasteiger partial charge in [0.15, 0.2) is 5.78 Å². The molecular weight excluding hydrogens is 470 g/mol. The van der Waals surface area contributed by atoms with Crippen LogP contribution >= 0.6 is 0 Å². The fraction of sp³-hybridized carbons (Fsp3) is 0.655. The molecule has 37 heavy (non-hydrogen) atoms. The second kappa shape index (κ2) is 14.1. The van der Waals surface area contributed by atoms with Gasteiger partial charge in [0, 0.05) is 18.9 Å². The molecule has 0 spiro atoms. The number of carbonyl (C=O) groups excluding carboxylic acids is 4. The minimum Gasteiger partial charge on any atom is -0.460 e. The van der Waals surface area contributed by atoms with E-state index in [2.05, 4.69) is 31.4 Å². The Bertz CT molecular complexity index is 911. The Labute approximate surface area is 222 Å². The van der Waals surface area contributed by atoms with Crippen LogP contribution < -0.4 is 16.4 Å². The standard InChI is InChI=1S/C29H47N3O5/c1-19(2)22(17-28(3,4)5)25(34)32-23(10-9-15-31-27(30)36)24(33)16-20-11-13-21(14-12-20)18-37-26(35)29(6,7)8/h11-14,19,22-23H,9-10,15-18H2,1-8H3,(H,32,34)(H3,30,31,36)/t22-,23-/m0/s1. The van der Waals surface area contributed by atoms with Gasteiger partial charge < -0.3 is 21.1 Å². The molecule has 0 heterocycles. The average molecular weight is 518 g/mol. The summed E-state index contributed by atoms with van der Waals surface area (Å²) < 4.78 is 5.35. The van der Waals surface area contributed by atoms with Crippen LogP contribution in [0.1, 0.15) is 85.8 Å². The molecule has 0 aliphatic heterocycles. The Morgan fingerprint density at radius 1 is 0.946 bits per heavy atom. The number of ketones is 1. The zero-order chi connectivity index (χ0) is 28.4. The lowest BCUT2D eigenvalue weighted by atomic mass is 9.79. The Morgan fingerprint density at radius 2 is 1.51 bits per heavy atom. The first-order valence-corrected chi connectivity index (χ1v) is 13.1. The average Bonchev–Trinajstić information content (AvgIpc) is 2.77. The fourth-order valence-electron chi connectivity index (χ4n) is 3.84. The number of urea groups is 1. The molecule has 3 amide bonds. The number of amides is 3. The largest absolute Gasteiger partial charge is 0.460 e. The summed E-state index contributed by atoms with van der Waals surface area (Å²) >= 11 is 0. The summed E-state index contributed by atoms with van der Waals surface area (Å²) in [5.41, 5.74) is 6.18. The molecule has 4 N–H and O–H groups in total. The van der Waals surface area contributed by atoms with E-state index in [9.17, 15) is 19.2 Å². The summed E-state index contributed by atoms with van der Waals surface area (Å²) in [4.78, 5) is 49.5. The summed E-state index contributed by atoms with van der Waals surface area (Å²) in [5.74, 6) is -0.581. The summed E-state index contributed by atoms with van der Waals surface area (Å²) in [7, 11) is 0. The minimum absolute atomic E-state index is 0.0276. The molecular formula is C29H47N3O5. The van der Waals surface area contributed by atoms with Crippen molar-refractivity contribution in [3.05, 3.63) is 35.4 Å². The molecule has 2 atom stereocenters. The Balaban J connectivity index is 2.90. The molecule has 1 aromatic carbocycles. The third-order valence-corrected chi connectivity index (χ3v) is 6.03. The fourth-order valence-corrected chi connectivity index (χ4v) is 3.84. The normalized spacial score (nSPS) is 13.5. The van der Waals surface area contributed by atoms with Gasteiger partial charge in [0.1, 0.15) is 6.61 Å². The van der Waals surface area contributed by atoms with Crippen molar-refractivity contribution in [1.82, 2.24) is 10.6 Å². The van der Waals surface area contributed by atoms with Crippen molar-refractivity contribution in [3.63, 3.8) is 0 Å². The summed E-state index contributed by atoms with van der Waals surface area (Å²) in [5, 5.41) is 5.53. The zero-order valence-corrected chi connectivity index (χ0v) is 23.9. The molecule has 0 radical (unpaired) electrons. The minimum atomic E-state index is -0.671. The Morgan fingerprint density at radius 3 is 2.00 bits per heavy atom. The predicted molar refractivity (Wildman–Crippen MR) is 146 cm³/mol. The lowest BCUT2D eigenvalue weighted by Gasteiger charge is -2.29. The lowest BCUT2D eigenvalue weighted by molar-refractivity contribution is -0.154. The molecule has 0 aliphatic carbocycles. The lowest BCUT2D eigenvalue weighted by Crippen LogP contribution is -2.46. The van der Waals surface area contributed by atoms with E-state index in [4.69, 9.17) is 10.5 Å². The second-order valence-electron chi connectivity index (χ2n) is 12.4. The Kier molecular flexibility index (Phi) is 12.3. The van der Waals surface area contributed by atoms with Gasteiger partial charge in [-0.1, -0.05) is 58.9 Å². The molecule has 208 valence electrons. The number of hydrogen-bond acceptors (Lipinski definition) is 5. The highest BCUT2D eigenvalue weighted by Gasteiger charge is 2.30. The number of nitrogens with two attached hydrogens (primary N) is 1. The van der Waals surface area contributed by atoms with Crippen LogP contribution in [0.3, 0.4) is 0 Å². The van der Waals surface area contributed by atoms with E-state index < -0.39 is 17.5 Å². The van der Waals surface area contributed by atoms with Crippen LogP contribution in [0.5, 0.6) is 0 Å². The first kappa shape index (κ1) is 32.1. The summed E-state index contributed by atoms with van der Waals surface area (Å²) in [6.07, 6.45) is 1.76. The van der Waals surface area contributed by atoms with Gasteiger partial charge in [-0.2, -0.15) is 0 Å². The predicted octanol–water partition coefficient (Wildman–Crippen LogP) is 4.53. The van der Waals surface area contributed by atoms with Crippen molar-refractivity contribution in [1.29, 1.82) is 0 Å². The van der Waals surface area contributed by atoms with Crippen LogP contribution in [0.15, 0.2) is 24.3 Å². The van der Waals surface area contributed by atoms with Gasteiger partial charge in [-0.3, -0.25) is 14.4 Å². The monoisotopic (exact) mass is 517 g/mol. The molecule has 0 aliphatic rings. The maximum absolute atomic E-state index is 13.3. The van der Waals surface area contributed by atoms with Crippen molar-refractivity contribution in [2.75, 3.05) is 6.54 Å². The zero-order valence-electron chi connectivity index (χ0n) is 23.9. The second-order valence-corrected chi connectivity index (χ2v) is 12.4. The van der Waals surface area contributed by atoms with E-state index in [1.165, 1.54) is 0 Å². The van der Waals surface area contributed by atoms with Crippen LogP contribution in [-0.4, -0.2) is 36.3 Å². The van der Waals surface area contributed by atoms with Crippen molar-refractivity contribution in [2.24, 2.45) is 28.4 Å². The van der Waals surface area contributed by atoms with Crippen molar-refractivity contribution < 1.29 is 23.9 Å². The smallest absolute Gasteiger partial charge is 0.312 e. The molecule has 0 bridgehead atoms. The number of nitrogens with one attached hydrogen (secondary N) is 2. The first-order chi connectivity index (χ1) is 17.0. The van der Waals surface area contributed by atoms with Gasteiger partial charge in [-0.15, -0.1) is 0 Å². The summed E-state index contributed by atoms with van der Waals surface area (Å²) in [6.45, 7) is 16.2. The maximum atomic E-state index is 13.3. The molecule has 0 unspecified atom stereocenters. The van der Waals surface area contributed by atoms with Crippen LogP contribution in [0.4, 0.5) is 4.79 Å². The molecule has 1 aromatic rings. The van der Waals surface area contributed by atoms with Crippen LogP contribution in [0.25, 0.3) is 0 Å². The maximum Gasteiger partial charge on any atom is 0.312 e. The number of carbonyl (C=O) groups is 4. The van der Waals surface area contributed by atoms with Gasteiger partial charge >= 0.3 is 12.0 Å². The van der Waals surface area contributed by atoms with Crippen LogP contribution in [0.2, 0.25) is 0 Å². The van der Waals surface area contributed by atoms with E-state index in [1.807, 2.05) is 38.1 Å². The number of benzene rings is 1. The molecule has 8 heteroatoms. The van der Waals surface area contributed by atoms with Gasteiger partial charge in [0.05, 0.1) is 11.5 Å². The molecule has 1 rings (SSSR count). The third kappa shape index (κ3) is 12.8. The van der Waals surface area contributed by atoms with Crippen LogP contribution in [0, 0.1) is 22.7 Å².